The van der Waals surface area contributed by atoms with Gasteiger partial charge >= 0.3 is 12.1 Å². The smallest absolute Gasteiger partial charge is 0.408 e. The van der Waals surface area contributed by atoms with E-state index in [0.29, 0.717) is 0 Å². The number of ether oxygens (including phenoxy) is 1. The maximum atomic E-state index is 11.4. The summed E-state index contributed by atoms with van der Waals surface area (Å²) >= 11 is 0. The van der Waals surface area contributed by atoms with Crippen molar-refractivity contribution < 1.29 is 24.5 Å². The molecule has 0 aliphatic rings. The molecule has 0 aliphatic heterocycles. The Morgan fingerprint density at radius 2 is 1.64 bits per heavy atom. The summed E-state index contributed by atoms with van der Waals surface area (Å²) < 4.78 is 4.95. The molecule has 126 valence electrons. The molecule has 1 atom stereocenters. The van der Waals surface area contributed by atoms with Gasteiger partial charge in [-0.15, -0.1) is 0 Å². The van der Waals surface area contributed by atoms with Gasteiger partial charge in [0.1, 0.15) is 12.6 Å². The highest BCUT2D eigenvalue weighted by atomic mass is 16.5. The number of alkyl carbamates (subject to hydrolysis) is 1. The fourth-order valence-electron chi connectivity index (χ4n) is 1.41. The Balaban J connectivity index is 0. The van der Waals surface area contributed by atoms with Crippen molar-refractivity contribution in [1.29, 1.82) is 0 Å². The Bertz CT molecular complexity index is 406. The van der Waals surface area contributed by atoms with Gasteiger partial charge in [-0.05, 0) is 11.5 Å². The van der Waals surface area contributed by atoms with Gasteiger partial charge in [0.15, 0.2) is 0 Å². The average molecular weight is 313 g/mol. The molecule has 0 unspecified atom stereocenters. The first kappa shape index (κ1) is 22.2. The van der Waals surface area contributed by atoms with Gasteiger partial charge in [-0.2, -0.15) is 0 Å². The zero-order valence-corrected chi connectivity index (χ0v) is 13.9. The largest absolute Gasteiger partial charge is 0.480 e. The van der Waals surface area contributed by atoms with Crippen LogP contribution >= 0.6 is 0 Å². The van der Waals surface area contributed by atoms with E-state index in [2.05, 4.69) is 5.32 Å². The van der Waals surface area contributed by atoms with E-state index in [1.54, 1.807) is 13.8 Å². The minimum absolute atomic E-state index is 0.122. The molecule has 0 aliphatic carbocycles. The van der Waals surface area contributed by atoms with E-state index < -0.39 is 18.1 Å². The number of aliphatic hydroxyl groups excluding tert-OH is 1. The molecule has 0 bridgehead atoms. The van der Waals surface area contributed by atoms with E-state index in [9.17, 15) is 9.59 Å². The minimum Gasteiger partial charge on any atom is -0.480 e. The molecule has 0 fully saturated rings. The summed E-state index contributed by atoms with van der Waals surface area (Å²) in [5, 5.41) is 18.2. The van der Waals surface area contributed by atoms with Gasteiger partial charge in [0.05, 0.1) is 0 Å². The van der Waals surface area contributed by atoms with E-state index in [1.807, 2.05) is 44.2 Å². The average Bonchev–Trinajstić information content (AvgIpc) is 2.55. The summed E-state index contributed by atoms with van der Waals surface area (Å²) in [6.07, 6.45) is -0.722. The van der Waals surface area contributed by atoms with E-state index in [1.165, 1.54) is 0 Å². The predicted octanol–water partition coefficient (Wildman–Crippen LogP) is 2.66. The number of carboxylic acids is 1. The third-order valence-corrected chi connectivity index (χ3v) is 2.42. The summed E-state index contributed by atoms with van der Waals surface area (Å²) in [4.78, 5) is 22.3. The Morgan fingerprint density at radius 1 is 1.14 bits per heavy atom. The molecule has 1 amide bonds. The Kier molecular flexibility index (Phi) is 14.0. The zero-order valence-electron chi connectivity index (χ0n) is 13.9. The Hall–Kier alpha value is -2.08. The Morgan fingerprint density at radius 3 is 2.05 bits per heavy atom. The van der Waals surface area contributed by atoms with Gasteiger partial charge in [0.2, 0.25) is 0 Å². The highest BCUT2D eigenvalue weighted by molar-refractivity contribution is 5.80. The van der Waals surface area contributed by atoms with Crippen molar-refractivity contribution in [2.24, 2.45) is 5.92 Å². The van der Waals surface area contributed by atoms with E-state index >= 15 is 0 Å². The van der Waals surface area contributed by atoms with Crippen LogP contribution in [-0.2, 0) is 16.1 Å². The minimum atomic E-state index is -1.07. The van der Waals surface area contributed by atoms with Crippen molar-refractivity contribution >= 4 is 12.1 Å². The summed E-state index contributed by atoms with van der Waals surface area (Å²) in [5.41, 5.74) is 0.851. The molecule has 0 heterocycles. The lowest BCUT2D eigenvalue weighted by Crippen LogP contribution is -2.44. The number of amides is 1. The maximum Gasteiger partial charge on any atom is 0.408 e. The molecule has 0 radical (unpaired) electrons. The van der Waals surface area contributed by atoms with Crippen LogP contribution in [0.4, 0.5) is 4.79 Å². The first-order valence-corrected chi connectivity index (χ1v) is 7.15. The monoisotopic (exact) mass is 313 g/mol. The molecule has 1 aromatic carbocycles. The number of aliphatic hydroxyl groups is 1. The number of benzene rings is 1. The number of aliphatic carboxylic acids is 1. The number of rotatable bonds is 5. The number of carboxylic acid groups (broad SMARTS) is 1. The van der Waals surface area contributed by atoms with Crippen molar-refractivity contribution in [3.8, 4) is 0 Å². The van der Waals surface area contributed by atoms with Crippen molar-refractivity contribution in [1.82, 2.24) is 5.32 Å². The van der Waals surface area contributed by atoms with Crippen LogP contribution in [0.25, 0.3) is 0 Å². The van der Waals surface area contributed by atoms with Crippen molar-refractivity contribution in [3.05, 3.63) is 35.9 Å². The lowest BCUT2D eigenvalue weighted by Gasteiger charge is -2.17. The van der Waals surface area contributed by atoms with Crippen molar-refractivity contribution in [2.45, 2.75) is 40.3 Å². The van der Waals surface area contributed by atoms with Crippen LogP contribution < -0.4 is 5.32 Å². The maximum absolute atomic E-state index is 11.4. The van der Waals surface area contributed by atoms with Crippen molar-refractivity contribution in [2.75, 3.05) is 7.11 Å². The molecule has 0 spiro atoms. The number of nitrogens with one attached hydrogen (secondary N) is 1. The quantitative estimate of drug-likeness (QED) is 0.776. The summed E-state index contributed by atoms with van der Waals surface area (Å²) in [7, 11) is 1.00. The van der Waals surface area contributed by atoms with E-state index in [4.69, 9.17) is 14.9 Å². The van der Waals surface area contributed by atoms with Crippen LogP contribution in [0, 0.1) is 5.92 Å². The van der Waals surface area contributed by atoms with E-state index in [-0.39, 0.29) is 12.5 Å². The number of carbonyl (C=O) groups is 2. The normalized spacial score (nSPS) is 10.3. The molecule has 0 saturated carbocycles. The van der Waals surface area contributed by atoms with Gasteiger partial charge in [0, 0.05) is 7.11 Å². The molecule has 1 rings (SSSR count). The standard InChI is InChI=1S/C13H17NO4.C2H6.CH4O/c1-9(2)11(12(15)16)14-13(17)18-8-10-6-4-3-5-7-10;2*1-2/h3-7,9,11H,8H2,1-2H3,(H,14,17)(H,15,16);1-2H3;2H,1H3/t11-;;/m1../s1. The van der Waals surface area contributed by atoms with Crippen LogP contribution in [0.3, 0.4) is 0 Å². The molecular formula is C16H27NO5. The molecule has 1 aromatic rings. The summed E-state index contributed by atoms with van der Waals surface area (Å²) in [6, 6.07) is 8.25. The van der Waals surface area contributed by atoms with Crippen LogP contribution in [-0.4, -0.2) is 35.4 Å². The van der Waals surface area contributed by atoms with Crippen molar-refractivity contribution in [3.63, 3.8) is 0 Å². The SMILES string of the molecule is CC.CC(C)[C@@H](NC(=O)OCc1ccccc1)C(=O)O.CO. The zero-order chi connectivity index (χ0) is 17.5. The summed E-state index contributed by atoms with van der Waals surface area (Å²) in [5.74, 6) is -1.27. The van der Waals surface area contributed by atoms with Gasteiger partial charge in [-0.25, -0.2) is 9.59 Å². The number of hydrogen-bond donors (Lipinski definition) is 3. The van der Waals surface area contributed by atoms with Crippen LogP contribution in [0.1, 0.15) is 33.3 Å². The fraction of sp³-hybridized carbons (Fsp3) is 0.500. The number of hydrogen-bond acceptors (Lipinski definition) is 4. The highest BCUT2D eigenvalue weighted by Gasteiger charge is 2.23. The lowest BCUT2D eigenvalue weighted by atomic mass is 10.1. The molecule has 0 saturated heterocycles. The second-order valence-electron chi connectivity index (χ2n) is 4.27. The second-order valence-corrected chi connectivity index (χ2v) is 4.27. The molecule has 22 heavy (non-hydrogen) atoms. The van der Waals surface area contributed by atoms with Gasteiger partial charge < -0.3 is 20.3 Å². The summed E-state index contributed by atoms with van der Waals surface area (Å²) in [6.45, 7) is 7.56. The molecule has 0 aromatic heterocycles. The highest BCUT2D eigenvalue weighted by Crippen LogP contribution is 2.04. The van der Waals surface area contributed by atoms with Gasteiger partial charge in [-0.1, -0.05) is 58.0 Å². The third-order valence-electron chi connectivity index (χ3n) is 2.42. The molecular weight excluding hydrogens is 286 g/mol. The molecule has 3 N–H and O–H groups in total. The van der Waals surface area contributed by atoms with Gasteiger partial charge in [0.25, 0.3) is 0 Å². The van der Waals surface area contributed by atoms with Crippen LogP contribution in [0.2, 0.25) is 0 Å². The fourth-order valence-corrected chi connectivity index (χ4v) is 1.41. The molecule has 6 heteroatoms. The van der Waals surface area contributed by atoms with E-state index in [0.717, 1.165) is 12.7 Å². The number of carbonyl (C=O) groups excluding carboxylic acids is 1. The van der Waals surface area contributed by atoms with Crippen LogP contribution in [0.15, 0.2) is 30.3 Å². The van der Waals surface area contributed by atoms with Gasteiger partial charge in [-0.3, -0.25) is 0 Å². The molecule has 6 nitrogen and oxygen atoms in total. The first-order valence-electron chi connectivity index (χ1n) is 7.15. The predicted molar refractivity (Wildman–Crippen MR) is 85.5 cm³/mol. The lowest BCUT2D eigenvalue weighted by molar-refractivity contribution is -0.140. The van der Waals surface area contributed by atoms with Crippen LogP contribution in [0.5, 0.6) is 0 Å². The Labute approximate surface area is 132 Å². The second kappa shape index (κ2) is 13.9. The first-order chi connectivity index (χ1) is 10.5. The third kappa shape index (κ3) is 9.77. The topological polar surface area (TPSA) is 95.9 Å².